The Kier molecular flexibility index (Phi) is 38.5. The van der Waals surface area contributed by atoms with Crippen molar-refractivity contribution in [3.8, 4) is 0 Å². The summed E-state index contributed by atoms with van der Waals surface area (Å²) < 4.78 is 20.5. The monoisotopic (exact) mass is 585 g/mol. The number of aromatic nitrogens is 1. The summed E-state index contributed by atoms with van der Waals surface area (Å²) in [5, 5.41) is 8.58. The van der Waals surface area contributed by atoms with E-state index in [1.165, 1.54) is 70.6 Å². The summed E-state index contributed by atoms with van der Waals surface area (Å²) in [4.78, 5) is 3.78. The Hall–Kier alpha value is -1.28. The van der Waals surface area contributed by atoms with E-state index in [0.717, 1.165) is 38.0 Å². The second kappa shape index (κ2) is 37.7. The van der Waals surface area contributed by atoms with Crippen LogP contribution >= 0.6 is 11.6 Å². The molecule has 0 fully saturated rings. The SMILES string of the molecule is COC(CCCCCCC/C=C/CCCl)OC.COC(CCCCCCC/C=C/CCO)OC.c1ccncc1. The van der Waals surface area contributed by atoms with Gasteiger partial charge >= 0.3 is 0 Å². The van der Waals surface area contributed by atoms with Gasteiger partial charge in [0.05, 0.1) is 0 Å². The maximum atomic E-state index is 8.58. The maximum Gasteiger partial charge on any atom is 0.156 e. The van der Waals surface area contributed by atoms with Gasteiger partial charge in [-0.1, -0.05) is 68.9 Å². The van der Waals surface area contributed by atoms with Crippen LogP contribution in [0.3, 0.4) is 0 Å². The van der Waals surface area contributed by atoms with Crippen LogP contribution in [0.15, 0.2) is 54.9 Å². The van der Waals surface area contributed by atoms with Crippen molar-refractivity contribution >= 4 is 11.6 Å². The minimum absolute atomic E-state index is 0.0199. The van der Waals surface area contributed by atoms with Crippen LogP contribution in [0.2, 0.25) is 0 Å². The van der Waals surface area contributed by atoms with Crippen LogP contribution in [0.25, 0.3) is 0 Å². The summed E-state index contributed by atoms with van der Waals surface area (Å²) in [5.41, 5.74) is 0. The molecule has 0 aliphatic heterocycles. The van der Waals surface area contributed by atoms with Crippen LogP contribution in [0, 0.1) is 0 Å². The summed E-state index contributed by atoms with van der Waals surface area (Å²) in [6.45, 7) is 0.261. The molecule has 7 heteroatoms. The Morgan fingerprint density at radius 3 is 1.32 bits per heavy atom. The Morgan fingerprint density at radius 1 is 0.575 bits per heavy atom. The number of ether oxygens (including phenoxy) is 4. The zero-order valence-electron chi connectivity index (χ0n) is 26.0. The standard InChI is InChI=1S/C14H27ClO2.C14H28O3.C5H5N/c2*1-16-14(17-2)12-10-8-6-4-3-5-7-9-11-13-15;1-2-4-6-5-3-1/h7,9,14H,3-6,8,10-13H2,1-2H3;7,9,14-15H,3-6,8,10-13H2,1-2H3;1-5H/b2*9-7+;. The Labute approximate surface area is 251 Å². The zero-order valence-corrected chi connectivity index (χ0v) is 26.7. The van der Waals surface area contributed by atoms with Gasteiger partial charge in [-0.2, -0.15) is 0 Å². The summed E-state index contributed by atoms with van der Waals surface area (Å²) in [6.07, 6.45) is 30.8. The van der Waals surface area contributed by atoms with E-state index in [0.29, 0.717) is 0 Å². The van der Waals surface area contributed by atoms with E-state index in [1.54, 1.807) is 40.8 Å². The van der Waals surface area contributed by atoms with Crippen molar-refractivity contribution in [3.63, 3.8) is 0 Å². The molecule has 6 nitrogen and oxygen atoms in total. The summed E-state index contributed by atoms with van der Waals surface area (Å²) in [7, 11) is 6.77. The van der Waals surface area contributed by atoms with E-state index in [2.05, 4.69) is 29.3 Å². The van der Waals surface area contributed by atoms with E-state index in [4.69, 9.17) is 35.7 Å². The average Bonchev–Trinajstić information content (AvgIpc) is 3.00. The van der Waals surface area contributed by atoms with Crippen molar-refractivity contribution in [2.45, 2.75) is 115 Å². The van der Waals surface area contributed by atoms with Gasteiger partial charge in [-0.15, -0.1) is 11.6 Å². The van der Waals surface area contributed by atoms with Crippen molar-refractivity contribution in [2.75, 3.05) is 40.9 Å². The fourth-order valence-electron chi connectivity index (χ4n) is 3.79. The third-order valence-corrected chi connectivity index (χ3v) is 6.36. The molecule has 1 heterocycles. The Bertz CT molecular complexity index is 545. The fraction of sp³-hybridized carbons (Fsp3) is 0.727. The maximum absolute atomic E-state index is 8.58. The molecule has 1 rings (SSSR count). The first-order valence-electron chi connectivity index (χ1n) is 15.1. The van der Waals surface area contributed by atoms with Gasteiger partial charge in [0, 0.05) is 53.3 Å². The number of nitrogens with zero attached hydrogens (tertiary/aromatic N) is 1. The lowest BCUT2D eigenvalue weighted by Gasteiger charge is -2.12. The normalized spacial score (nSPS) is 11.2. The summed E-state index contributed by atoms with van der Waals surface area (Å²) in [5.74, 6) is 0.733. The molecule has 0 bridgehead atoms. The number of hydrogen-bond donors (Lipinski definition) is 1. The number of rotatable bonds is 24. The molecule has 40 heavy (non-hydrogen) atoms. The molecule has 0 unspecified atom stereocenters. The van der Waals surface area contributed by atoms with Crippen molar-refractivity contribution in [1.29, 1.82) is 0 Å². The van der Waals surface area contributed by atoms with E-state index in [9.17, 15) is 0 Å². The predicted molar refractivity (Wildman–Crippen MR) is 170 cm³/mol. The Balaban J connectivity index is 0. The molecule has 0 aliphatic carbocycles. The number of pyridine rings is 1. The molecule has 0 aliphatic rings. The Morgan fingerprint density at radius 2 is 0.975 bits per heavy atom. The van der Waals surface area contributed by atoms with E-state index >= 15 is 0 Å². The topological polar surface area (TPSA) is 70.0 Å². The number of hydrogen-bond acceptors (Lipinski definition) is 6. The average molecular weight is 586 g/mol. The van der Waals surface area contributed by atoms with Gasteiger partial charge in [0.2, 0.25) is 0 Å². The van der Waals surface area contributed by atoms with Crippen LogP contribution in [0.5, 0.6) is 0 Å². The molecule has 0 radical (unpaired) electrons. The largest absolute Gasteiger partial charge is 0.396 e. The van der Waals surface area contributed by atoms with Gasteiger partial charge in [0.25, 0.3) is 0 Å². The molecule has 1 N–H and O–H groups in total. The highest BCUT2D eigenvalue weighted by atomic mass is 35.5. The van der Waals surface area contributed by atoms with Gasteiger partial charge in [-0.3, -0.25) is 4.98 Å². The molecule has 0 saturated heterocycles. The molecular formula is C33H60ClNO5. The highest BCUT2D eigenvalue weighted by molar-refractivity contribution is 6.17. The van der Waals surface area contributed by atoms with E-state index in [-0.39, 0.29) is 19.2 Å². The zero-order chi connectivity index (χ0) is 29.8. The summed E-state index contributed by atoms with van der Waals surface area (Å²) in [6, 6.07) is 5.72. The van der Waals surface area contributed by atoms with Crippen molar-refractivity contribution in [1.82, 2.24) is 4.98 Å². The molecular weight excluding hydrogens is 526 g/mol. The molecule has 0 amide bonds. The van der Waals surface area contributed by atoms with Crippen LogP contribution < -0.4 is 0 Å². The van der Waals surface area contributed by atoms with Crippen LogP contribution in [0.1, 0.15) is 103 Å². The van der Waals surface area contributed by atoms with Crippen molar-refractivity contribution in [2.24, 2.45) is 0 Å². The first-order valence-corrected chi connectivity index (χ1v) is 15.7. The minimum atomic E-state index is -0.0311. The van der Waals surface area contributed by atoms with Crippen LogP contribution in [-0.2, 0) is 18.9 Å². The van der Waals surface area contributed by atoms with Gasteiger partial charge in [-0.25, -0.2) is 0 Å². The third kappa shape index (κ3) is 34.7. The van der Waals surface area contributed by atoms with Gasteiger partial charge in [0.1, 0.15) is 0 Å². The molecule has 234 valence electrons. The second-order valence-electron chi connectivity index (χ2n) is 9.45. The van der Waals surface area contributed by atoms with Gasteiger partial charge in [0.15, 0.2) is 12.6 Å². The molecule has 0 aromatic carbocycles. The highest BCUT2D eigenvalue weighted by Gasteiger charge is 2.04. The number of aliphatic hydroxyl groups is 1. The lowest BCUT2D eigenvalue weighted by molar-refractivity contribution is -0.107. The predicted octanol–water partition coefficient (Wildman–Crippen LogP) is 8.88. The van der Waals surface area contributed by atoms with Crippen LogP contribution in [0.4, 0.5) is 0 Å². The summed E-state index contributed by atoms with van der Waals surface area (Å²) >= 11 is 5.58. The first-order chi connectivity index (χ1) is 19.7. The van der Waals surface area contributed by atoms with E-state index < -0.39 is 0 Å². The second-order valence-corrected chi connectivity index (χ2v) is 9.83. The number of alkyl halides is 1. The van der Waals surface area contributed by atoms with E-state index in [1.807, 2.05) is 18.2 Å². The van der Waals surface area contributed by atoms with Crippen LogP contribution in [-0.4, -0.2) is 63.6 Å². The third-order valence-electron chi connectivity index (χ3n) is 6.14. The fourth-order valence-corrected chi connectivity index (χ4v) is 3.92. The number of halogens is 1. The van der Waals surface area contributed by atoms with Gasteiger partial charge < -0.3 is 24.1 Å². The lowest BCUT2D eigenvalue weighted by atomic mass is 10.1. The van der Waals surface area contributed by atoms with Crippen molar-refractivity contribution in [3.05, 3.63) is 54.9 Å². The first kappa shape index (κ1) is 40.9. The number of aliphatic hydroxyl groups excluding tert-OH is 1. The molecule has 1 aromatic heterocycles. The van der Waals surface area contributed by atoms with Gasteiger partial charge in [-0.05, 0) is 76.3 Å². The highest BCUT2D eigenvalue weighted by Crippen LogP contribution is 2.12. The molecule has 0 saturated carbocycles. The quantitative estimate of drug-likeness (QED) is 0.0565. The number of allylic oxidation sites excluding steroid dienone is 3. The lowest BCUT2D eigenvalue weighted by Crippen LogP contribution is -2.12. The molecule has 1 aromatic rings. The van der Waals surface area contributed by atoms with Crippen molar-refractivity contribution < 1.29 is 24.1 Å². The molecule has 0 spiro atoms. The number of methoxy groups -OCH3 is 4. The molecule has 0 atom stereocenters. The minimum Gasteiger partial charge on any atom is -0.396 e. The smallest absolute Gasteiger partial charge is 0.156 e. The number of unbranched alkanes of at least 4 members (excludes halogenated alkanes) is 10.